The second kappa shape index (κ2) is 6.01. The molecule has 0 amide bonds. The number of rotatable bonds is 5. The molecule has 0 fully saturated rings. The van der Waals surface area contributed by atoms with Crippen LogP contribution in [0.5, 0.6) is 5.75 Å². The Morgan fingerprint density at radius 3 is 2.90 bits per heavy atom. The van der Waals surface area contributed by atoms with Gasteiger partial charge in [-0.25, -0.2) is 13.1 Å². The monoisotopic (exact) mass is 298 g/mol. The van der Waals surface area contributed by atoms with E-state index in [0.29, 0.717) is 18.0 Å². The Balaban J connectivity index is 2.38. The zero-order valence-corrected chi connectivity index (χ0v) is 12.8. The van der Waals surface area contributed by atoms with Gasteiger partial charge < -0.3 is 10.5 Å². The topological polar surface area (TPSA) is 81.4 Å². The summed E-state index contributed by atoms with van der Waals surface area (Å²) in [5, 5.41) is 0. The number of ether oxygens (including phenoxy) is 1. The number of benzene rings is 1. The van der Waals surface area contributed by atoms with Crippen LogP contribution in [0.4, 0.5) is 5.69 Å². The third kappa shape index (κ3) is 3.24. The summed E-state index contributed by atoms with van der Waals surface area (Å²) in [5.74, 6) is 0.460. The third-order valence-electron chi connectivity index (χ3n) is 3.36. The van der Waals surface area contributed by atoms with Gasteiger partial charge in [-0.2, -0.15) is 0 Å². The second-order valence-electron chi connectivity index (χ2n) is 5.27. The van der Waals surface area contributed by atoms with Crippen molar-refractivity contribution in [1.82, 2.24) is 4.72 Å². The minimum absolute atomic E-state index is 0.106. The average molecular weight is 298 g/mol. The van der Waals surface area contributed by atoms with Crippen LogP contribution in [-0.2, 0) is 16.4 Å². The molecule has 0 spiro atoms. The van der Waals surface area contributed by atoms with Gasteiger partial charge in [0.2, 0.25) is 10.0 Å². The smallest absolute Gasteiger partial charge is 0.244 e. The highest BCUT2D eigenvalue weighted by molar-refractivity contribution is 7.89. The van der Waals surface area contributed by atoms with Gasteiger partial charge in [0, 0.05) is 11.7 Å². The fraction of sp³-hybridized carbons (Fsp3) is 0.571. The SMILES string of the molecule is CCCC(C)NS(=O)(=O)c1cc(N)cc2c1OCCC2. The van der Waals surface area contributed by atoms with E-state index in [4.69, 9.17) is 10.5 Å². The van der Waals surface area contributed by atoms with Crippen molar-refractivity contribution < 1.29 is 13.2 Å². The van der Waals surface area contributed by atoms with Crippen molar-refractivity contribution >= 4 is 15.7 Å². The minimum Gasteiger partial charge on any atom is -0.492 e. The first-order valence-electron chi connectivity index (χ1n) is 7.01. The van der Waals surface area contributed by atoms with E-state index in [1.807, 2.05) is 13.8 Å². The largest absolute Gasteiger partial charge is 0.492 e. The maximum atomic E-state index is 12.5. The molecule has 0 aliphatic carbocycles. The van der Waals surface area contributed by atoms with Gasteiger partial charge in [-0.1, -0.05) is 13.3 Å². The van der Waals surface area contributed by atoms with E-state index in [1.54, 1.807) is 6.07 Å². The Bertz CT molecular complexity index is 584. The molecule has 1 aliphatic heterocycles. The summed E-state index contributed by atoms with van der Waals surface area (Å²) in [7, 11) is -3.60. The van der Waals surface area contributed by atoms with E-state index in [-0.39, 0.29) is 10.9 Å². The minimum atomic E-state index is -3.60. The summed E-state index contributed by atoms with van der Waals surface area (Å²) in [4.78, 5) is 0.162. The highest BCUT2D eigenvalue weighted by atomic mass is 32.2. The van der Waals surface area contributed by atoms with Crippen LogP contribution in [0.2, 0.25) is 0 Å². The molecule has 6 heteroatoms. The van der Waals surface area contributed by atoms with Crippen LogP contribution in [-0.4, -0.2) is 21.1 Å². The van der Waals surface area contributed by atoms with Gasteiger partial charge in [0.1, 0.15) is 10.6 Å². The number of aryl methyl sites for hydroxylation is 1. The van der Waals surface area contributed by atoms with E-state index in [1.165, 1.54) is 6.07 Å². The molecule has 1 aromatic rings. The fourth-order valence-corrected chi connectivity index (χ4v) is 3.99. The van der Waals surface area contributed by atoms with Gasteiger partial charge in [-0.15, -0.1) is 0 Å². The lowest BCUT2D eigenvalue weighted by atomic mass is 10.1. The van der Waals surface area contributed by atoms with Crippen LogP contribution in [0, 0.1) is 0 Å². The van der Waals surface area contributed by atoms with Gasteiger partial charge in [0.25, 0.3) is 0 Å². The standard InChI is InChI=1S/C14H22N2O3S/c1-3-5-10(2)16-20(17,18)13-9-12(15)8-11-6-4-7-19-14(11)13/h8-10,16H,3-7,15H2,1-2H3. The molecule has 20 heavy (non-hydrogen) atoms. The normalized spacial score (nSPS) is 16.3. The lowest BCUT2D eigenvalue weighted by molar-refractivity contribution is 0.280. The van der Waals surface area contributed by atoms with Crippen molar-refractivity contribution in [2.45, 2.75) is 50.5 Å². The molecule has 1 atom stereocenters. The highest BCUT2D eigenvalue weighted by Gasteiger charge is 2.26. The predicted octanol–water partition coefficient (Wildman–Crippen LogP) is 2.06. The van der Waals surface area contributed by atoms with E-state index < -0.39 is 10.0 Å². The first kappa shape index (κ1) is 15.1. The molecule has 2 rings (SSSR count). The summed E-state index contributed by atoms with van der Waals surface area (Å²) in [6.07, 6.45) is 3.41. The number of sulfonamides is 1. The molecule has 3 N–H and O–H groups in total. The molecule has 1 unspecified atom stereocenters. The number of anilines is 1. The molecule has 0 radical (unpaired) electrons. The summed E-state index contributed by atoms with van der Waals surface area (Å²) < 4.78 is 33.2. The molecule has 0 bridgehead atoms. The van der Waals surface area contributed by atoms with Gasteiger partial charge >= 0.3 is 0 Å². The molecule has 1 heterocycles. The summed E-state index contributed by atoms with van der Waals surface area (Å²) in [6, 6.07) is 3.17. The highest BCUT2D eigenvalue weighted by Crippen LogP contribution is 2.34. The maximum Gasteiger partial charge on any atom is 0.244 e. The maximum absolute atomic E-state index is 12.5. The Labute approximate surface area is 120 Å². The quantitative estimate of drug-likeness (QED) is 0.815. The molecule has 0 saturated carbocycles. The number of nitrogens with one attached hydrogen (secondary N) is 1. The van der Waals surface area contributed by atoms with Crippen LogP contribution in [0.15, 0.2) is 17.0 Å². The van der Waals surface area contributed by atoms with E-state index in [9.17, 15) is 8.42 Å². The van der Waals surface area contributed by atoms with Crippen LogP contribution < -0.4 is 15.2 Å². The van der Waals surface area contributed by atoms with Crippen molar-refractivity contribution in [3.05, 3.63) is 17.7 Å². The first-order chi connectivity index (χ1) is 9.44. The van der Waals surface area contributed by atoms with Gasteiger partial charge in [0.05, 0.1) is 6.61 Å². The summed E-state index contributed by atoms with van der Waals surface area (Å²) >= 11 is 0. The number of hydrogen-bond donors (Lipinski definition) is 2. The van der Waals surface area contributed by atoms with Crippen LogP contribution in [0.1, 0.15) is 38.7 Å². The number of fused-ring (bicyclic) bond motifs is 1. The predicted molar refractivity (Wildman–Crippen MR) is 79.4 cm³/mol. The summed E-state index contributed by atoms with van der Waals surface area (Å²) in [5.41, 5.74) is 7.15. The number of hydrogen-bond acceptors (Lipinski definition) is 4. The molecule has 112 valence electrons. The zero-order valence-electron chi connectivity index (χ0n) is 12.0. The Hall–Kier alpha value is -1.27. The summed E-state index contributed by atoms with van der Waals surface area (Å²) in [6.45, 7) is 4.43. The van der Waals surface area contributed by atoms with Crippen LogP contribution in [0.25, 0.3) is 0 Å². The van der Waals surface area contributed by atoms with E-state index in [0.717, 1.165) is 31.2 Å². The Morgan fingerprint density at radius 1 is 1.45 bits per heavy atom. The fourth-order valence-electron chi connectivity index (χ4n) is 2.49. The molecule has 1 aromatic carbocycles. The molecular formula is C14H22N2O3S. The number of nitrogen functional groups attached to an aromatic ring is 1. The molecule has 5 nitrogen and oxygen atoms in total. The second-order valence-corrected chi connectivity index (χ2v) is 6.95. The number of nitrogens with two attached hydrogens (primary N) is 1. The third-order valence-corrected chi connectivity index (χ3v) is 4.95. The zero-order chi connectivity index (χ0) is 14.8. The Morgan fingerprint density at radius 2 is 2.20 bits per heavy atom. The van der Waals surface area contributed by atoms with Crippen molar-refractivity contribution in [3.8, 4) is 5.75 Å². The van der Waals surface area contributed by atoms with E-state index >= 15 is 0 Å². The lowest BCUT2D eigenvalue weighted by Crippen LogP contribution is -2.33. The molecular weight excluding hydrogens is 276 g/mol. The average Bonchev–Trinajstić information content (AvgIpc) is 2.37. The van der Waals surface area contributed by atoms with Crippen LogP contribution >= 0.6 is 0 Å². The first-order valence-corrected chi connectivity index (χ1v) is 8.50. The van der Waals surface area contributed by atoms with Crippen molar-refractivity contribution in [1.29, 1.82) is 0 Å². The van der Waals surface area contributed by atoms with Gasteiger partial charge in [-0.05, 0) is 43.9 Å². The molecule has 1 aliphatic rings. The van der Waals surface area contributed by atoms with Crippen molar-refractivity contribution in [3.63, 3.8) is 0 Å². The van der Waals surface area contributed by atoms with E-state index in [2.05, 4.69) is 4.72 Å². The van der Waals surface area contributed by atoms with Crippen molar-refractivity contribution in [2.24, 2.45) is 0 Å². The molecule has 0 aromatic heterocycles. The lowest BCUT2D eigenvalue weighted by Gasteiger charge is -2.22. The molecule has 0 saturated heterocycles. The van der Waals surface area contributed by atoms with Gasteiger partial charge in [-0.3, -0.25) is 0 Å². The van der Waals surface area contributed by atoms with Crippen molar-refractivity contribution in [2.75, 3.05) is 12.3 Å². The van der Waals surface area contributed by atoms with Gasteiger partial charge in [0.15, 0.2) is 0 Å². The van der Waals surface area contributed by atoms with Crippen LogP contribution in [0.3, 0.4) is 0 Å². The Kier molecular flexibility index (Phi) is 4.55.